The van der Waals surface area contributed by atoms with E-state index in [-0.39, 0.29) is 18.6 Å². The normalized spacial score (nSPS) is 14.6. The Bertz CT molecular complexity index is 342. The molecule has 0 bridgehead atoms. The molecule has 0 aliphatic heterocycles. The van der Waals surface area contributed by atoms with E-state index >= 15 is 0 Å². The van der Waals surface area contributed by atoms with Crippen LogP contribution in [0, 0.1) is 5.92 Å². The summed E-state index contributed by atoms with van der Waals surface area (Å²) in [6, 6.07) is 5.48. The number of hydrogen-bond acceptors (Lipinski definition) is 3. The van der Waals surface area contributed by atoms with Crippen LogP contribution in [-0.4, -0.2) is 18.3 Å². The molecule has 0 radical (unpaired) electrons. The molecule has 4 heteroatoms. The van der Waals surface area contributed by atoms with Gasteiger partial charge in [-0.3, -0.25) is 0 Å². The van der Waals surface area contributed by atoms with E-state index in [9.17, 15) is 0 Å². The smallest absolute Gasteiger partial charge is 0.137 e. The Morgan fingerprint density at radius 2 is 2.12 bits per heavy atom. The molecular formula is C12H18ClNO2. The van der Waals surface area contributed by atoms with Gasteiger partial charge in [0.25, 0.3) is 0 Å². The zero-order valence-electron chi connectivity index (χ0n) is 9.61. The van der Waals surface area contributed by atoms with Crippen LogP contribution in [-0.2, 0) is 0 Å². The van der Waals surface area contributed by atoms with Crippen LogP contribution in [0.4, 0.5) is 0 Å². The number of ether oxygens (including phenoxy) is 1. The zero-order valence-corrected chi connectivity index (χ0v) is 10.4. The van der Waals surface area contributed by atoms with Gasteiger partial charge in [-0.2, -0.15) is 0 Å². The molecule has 1 rings (SSSR count). The third-order valence-electron chi connectivity index (χ3n) is 2.32. The molecule has 0 saturated heterocycles. The Labute approximate surface area is 101 Å². The predicted octanol–water partition coefficient (Wildman–Crippen LogP) is 2.37. The highest BCUT2D eigenvalue weighted by atomic mass is 35.5. The lowest BCUT2D eigenvalue weighted by Gasteiger charge is -2.13. The van der Waals surface area contributed by atoms with Crippen molar-refractivity contribution in [2.45, 2.75) is 19.9 Å². The van der Waals surface area contributed by atoms with E-state index in [0.29, 0.717) is 17.4 Å². The fourth-order valence-corrected chi connectivity index (χ4v) is 1.45. The van der Waals surface area contributed by atoms with E-state index < -0.39 is 0 Å². The topological polar surface area (TPSA) is 55.5 Å². The van der Waals surface area contributed by atoms with Gasteiger partial charge in [0.15, 0.2) is 0 Å². The van der Waals surface area contributed by atoms with Gasteiger partial charge in [0.1, 0.15) is 5.75 Å². The van der Waals surface area contributed by atoms with Crippen LogP contribution in [0.25, 0.3) is 0 Å². The van der Waals surface area contributed by atoms with E-state index in [1.807, 2.05) is 32.0 Å². The van der Waals surface area contributed by atoms with Gasteiger partial charge in [0, 0.05) is 18.6 Å². The van der Waals surface area contributed by atoms with Crippen molar-refractivity contribution >= 4 is 11.6 Å². The van der Waals surface area contributed by atoms with Gasteiger partial charge < -0.3 is 15.6 Å². The van der Waals surface area contributed by atoms with Crippen molar-refractivity contribution in [1.29, 1.82) is 0 Å². The lowest BCUT2D eigenvalue weighted by atomic mass is 10.1. The van der Waals surface area contributed by atoms with Crippen LogP contribution in [0.5, 0.6) is 5.75 Å². The van der Waals surface area contributed by atoms with Crippen LogP contribution in [0.2, 0.25) is 5.02 Å². The molecule has 0 fully saturated rings. The number of aliphatic hydroxyl groups is 1. The Hall–Kier alpha value is -0.770. The van der Waals surface area contributed by atoms with E-state index in [0.717, 1.165) is 5.56 Å². The molecule has 1 aromatic carbocycles. The first-order valence-electron chi connectivity index (χ1n) is 5.33. The van der Waals surface area contributed by atoms with Crippen LogP contribution >= 0.6 is 11.6 Å². The Balaban J connectivity index is 2.68. The third kappa shape index (κ3) is 3.67. The maximum Gasteiger partial charge on any atom is 0.137 e. The van der Waals surface area contributed by atoms with Gasteiger partial charge in [-0.15, -0.1) is 0 Å². The summed E-state index contributed by atoms with van der Waals surface area (Å²) in [4.78, 5) is 0. The maximum atomic E-state index is 8.87. The Morgan fingerprint density at radius 1 is 1.44 bits per heavy atom. The maximum absolute atomic E-state index is 8.87. The Kier molecular flexibility index (Phi) is 5.06. The first-order valence-corrected chi connectivity index (χ1v) is 5.71. The van der Waals surface area contributed by atoms with Gasteiger partial charge in [-0.1, -0.05) is 24.6 Å². The summed E-state index contributed by atoms with van der Waals surface area (Å²) in [6.45, 7) is 4.37. The van der Waals surface area contributed by atoms with Gasteiger partial charge in [-0.05, 0) is 24.6 Å². The molecular weight excluding hydrogens is 226 g/mol. The first-order chi connectivity index (χ1) is 7.54. The summed E-state index contributed by atoms with van der Waals surface area (Å²) < 4.78 is 5.49. The highest BCUT2D eigenvalue weighted by Gasteiger charge is 2.07. The van der Waals surface area contributed by atoms with Gasteiger partial charge in [-0.25, -0.2) is 0 Å². The zero-order chi connectivity index (χ0) is 12.1. The highest BCUT2D eigenvalue weighted by Crippen LogP contribution is 2.27. The second kappa shape index (κ2) is 6.09. The molecule has 0 aliphatic carbocycles. The van der Waals surface area contributed by atoms with Crippen molar-refractivity contribution < 1.29 is 9.84 Å². The molecule has 0 aliphatic rings. The fourth-order valence-electron chi connectivity index (χ4n) is 1.20. The van der Waals surface area contributed by atoms with Gasteiger partial charge in [0.05, 0.1) is 11.6 Å². The van der Waals surface area contributed by atoms with Crippen LogP contribution in [0.3, 0.4) is 0 Å². The molecule has 0 spiro atoms. The number of benzene rings is 1. The minimum atomic E-state index is -0.0390. The van der Waals surface area contributed by atoms with Crippen molar-refractivity contribution in [3.63, 3.8) is 0 Å². The highest BCUT2D eigenvalue weighted by molar-refractivity contribution is 6.32. The van der Waals surface area contributed by atoms with Crippen molar-refractivity contribution in [2.24, 2.45) is 11.7 Å². The van der Waals surface area contributed by atoms with Crippen molar-refractivity contribution in [2.75, 3.05) is 13.2 Å². The monoisotopic (exact) mass is 243 g/mol. The second-order valence-electron chi connectivity index (χ2n) is 4.08. The van der Waals surface area contributed by atoms with Crippen LogP contribution in [0.1, 0.15) is 25.5 Å². The molecule has 2 atom stereocenters. The lowest BCUT2D eigenvalue weighted by Crippen LogP contribution is -2.12. The summed E-state index contributed by atoms with van der Waals surface area (Å²) >= 11 is 6.06. The minimum Gasteiger partial charge on any atom is -0.492 e. The molecule has 0 heterocycles. The third-order valence-corrected chi connectivity index (χ3v) is 2.61. The SMILES string of the molecule is CC(CO)COc1ccc(C(C)N)cc1Cl. The lowest BCUT2D eigenvalue weighted by molar-refractivity contribution is 0.174. The van der Waals surface area contributed by atoms with Gasteiger partial charge >= 0.3 is 0 Å². The largest absolute Gasteiger partial charge is 0.492 e. The number of halogens is 1. The average Bonchev–Trinajstić information content (AvgIpc) is 2.26. The summed E-state index contributed by atoms with van der Waals surface area (Å²) in [7, 11) is 0. The number of aliphatic hydroxyl groups excluding tert-OH is 1. The standard InChI is InChI=1S/C12H18ClNO2/c1-8(6-15)7-16-12-4-3-10(9(2)14)5-11(12)13/h3-5,8-9,15H,6-7,14H2,1-2H3. The van der Waals surface area contributed by atoms with Crippen molar-refractivity contribution in [3.8, 4) is 5.75 Å². The van der Waals surface area contributed by atoms with E-state index in [1.165, 1.54) is 0 Å². The molecule has 3 nitrogen and oxygen atoms in total. The first kappa shape index (κ1) is 13.3. The van der Waals surface area contributed by atoms with Gasteiger partial charge in [0.2, 0.25) is 0 Å². The molecule has 2 unspecified atom stereocenters. The summed E-state index contributed by atoms with van der Waals surface area (Å²) in [5, 5.41) is 9.42. The molecule has 0 saturated carbocycles. The number of hydrogen-bond donors (Lipinski definition) is 2. The molecule has 0 amide bonds. The minimum absolute atomic E-state index is 0.0390. The summed E-state index contributed by atoms with van der Waals surface area (Å²) in [5.41, 5.74) is 6.72. The Morgan fingerprint density at radius 3 is 2.62 bits per heavy atom. The molecule has 1 aromatic rings. The van der Waals surface area contributed by atoms with Crippen molar-refractivity contribution in [1.82, 2.24) is 0 Å². The quantitative estimate of drug-likeness (QED) is 0.835. The van der Waals surface area contributed by atoms with E-state index in [2.05, 4.69) is 0 Å². The molecule has 0 aromatic heterocycles. The average molecular weight is 244 g/mol. The second-order valence-corrected chi connectivity index (χ2v) is 4.48. The summed E-state index contributed by atoms with van der Waals surface area (Å²) in [6.07, 6.45) is 0. The van der Waals surface area contributed by atoms with E-state index in [1.54, 1.807) is 0 Å². The summed E-state index contributed by atoms with van der Waals surface area (Å²) in [5.74, 6) is 0.732. The molecule has 3 N–H and O–H groups in total. The van der Waals surface area contributed by atoms with Crippen molar-refractivity contribution in [3.05, 3.63) is 28.8 Å². The van der Waals surface area contributed by atoms with Crippen LogP contribution < -0.4 is 10.5 Å². The number of nitrogens with two attached hydrogens (primary N) is 1. The molecule has 90 valence electrons. The predicted molar refractivity (Wildman–Crippen MR) is 65.8 cm³/mol. The number of rotatable bonds is 5. The fraction of sp³-hybridized carbons (Fsp3) is 0.500. The molecule has 16 heavy (non-hydrogen) atoms. The van der Waals surface area contributed by atoms with E-state index in [4.69, 9.17) is 27.2 Å². The van der Waals surface area contributed by atoms with Crippen LogP contribution in [0.15, 0.2) is 18.2 Å².